The molecule has 9 nitrogen and oxygen atoms in total. The summed E-state index contributed by atoms with van der Waals surface area (Å²) in [6.07, 6.45) is 2.32. The van der Waals surface area contributed by atoms with Crippen LogP contribution in [0.1, 0.15) is 25.3 Å². The third-order valence-corrected chi connectivity index (χ3v) is 9.13. The highest BCUT2D eigenvalue weighted by molar-refractivity contribution is 7.92. The minimum Gasteiger partial charge on any atom is -0.382 e. The van der Waals surface area contributed by atoms with Gasteiger partial charge < -0.3 is 20.3 Å². The van der Waals surface area contributed by atoms with E-state index >= 15 is 0 Å². The number of sulfone groups is 1. The van der Waals surface area contributed by atoms with Crippen molar-refractivity contribution in [2.24, 2.45) is 0 Å². The van der Waals surface area contributed by atoms with Gasteiger partial charge >= 0.3 is 0 Å². The lowest BCUT2D eigenvalue weighted by atomic mass is 10.1. The molecule has 1 aliphatic heterocycles. The second kappa shape index (κ2) is 11.8. The zero-order chi connectivity index (χ0) is 28.3. The van der Waals surface area contributed by atoms with Crippen LogP contribution in [0.3, 0.4) is 0 Å². The van der Waals surface area contributed by atoms with Crippen LogP contribution in [0.4, 0.5) is 14.6 Å². The number of nitrogen functional groups attached to an aromatic ring is 1. The Morgan fingerprint density at radius 3 is 2.65 bits per heavy atom. The summed E-state index contributed by atoms with van der Waals surface area (Å²) < 4.78 is 63.7. The first kappa shape index (κ1) is 27.8. The maximum Gasteiger partial charge on any atom is 0.189 e. The number of rotatable bonds is 10. The Labute approximate surface area is 230 Å². The van der Waals surface area contributed by atoms with Crippen molar-refractivity contribution in [1.82, 2.24) is 20.4 Å². The van der Waals surface area contributed by atoms with Crippen molar-refractivity contribution in [3.8, 4) is 34.0 Å². The molecule has 2 aromatic carbocycles. The Morgan fingerprint density at radius 2 is 1.95 bits per heavy atom. The van der Waals surface area contributed by atoms with Gasteiger partial charge in [-0.1, -0.05) is 23.4 Å². The highest BCUT2D eigenvalue weighted by atomic mass is 32.2. The summed E-state index contributed by atoms with van der Waals surface area (Å²) in [5.74, 6) is -0.151. The number of alkyl halides is 1. The van der Waals surface area contributed by atoms with Crippen LogP contribution in [0.2, 0.25) is 0 Å². The molecule has 1 fully saturated rings. The number of halogens is 2. The molecule has 210 valence electrons. The summed E-state index contributed by atoms with van der Waals surface area (Å²) in [5.41, 5.74) is 8.63. The maximum atomic E-state index is 15.0. The summed E-state index contributed by atoms with van der Waals surface area (Å²) in [6, 6.07) is 12.8. The topological polar surface area (TPSA) is 133 Å². The molecular weight excluding hydrogens is 540 g/mol. The predicted octanol–water partition coefficient (Wildman–Crippen LogP) is 4.59. The summed E-state index contributed by atoms with van der Waals surface area (Å²) >= 11 is 0. The van der Waals surface area contributed by atoms with Gasteiger partial charge in [-0.2, -0.15) is 0 Å². The van der Waals surface area contributed by atoms with Gasteiger partial charge in [0, 0.05) is 36.4 Å². The van der Waals surface area contributed by atoms with Crippen molar-refractivity contribution in [3.63, 3.8) is 0 Å². The van der Waals surface area contributed by atoms with E-state index in [4.69, 9.17) is 15.0 Å². The fourth-order valence-corrected chi connectivity index (χ4v) is 5.80. The first-order valence-corrected chi connectivity index (χ1v) is 14.4. The van der Waals surface area contributed by atoms with E-state index in [1.165, 1.54) is 37.4 Å². The van der Waals surface area contributed by atoms with Gasteiger partial charge in [0.05, 0.1) is 35.3 Å². The molecule has 0 saturated carbocycles. The SMILES string of the molecule is CC(CCF)S(=O)(=O)c1ccc(-c2cnc(N)c(-c3cc(-c4ccc(CN[C@H]5CCOC5)cc4F)no3)n2)cc1. The van der Waals surface area contributed by atoms with Gasteiger partial charge in [0.15, 0.2) is 27.1 Å². The van der Waals surface area contributed by atoms with Crippen molar-refractivity contribution in [2.45, 2.75) is 42.5 Å². The van der Waals surface area contributed by atoms with E-state index in [2.05, 4.69) is 20.4 Å². The van der Waals surface area contributed by atoms with Gasteiger partial charge in [0.2, 0.25) is 0 Å². The quantitative estimate of drug-likeness (QED) is 0.281. The number of ether oxygens (including phenoxy) is 1. The highest BCUT2D eigenvalue weighted by Crippen LogP contribution is 2.31. The minimum absolute atomic E-state index is 0.0719. The number of nitrogens with zero attached hydrogens (tertiary/aromatic N) is 3. The third kappa shape index (κ3) is 5.88. The molecule has 1 saturated heterocycles. The van der Waals surface area contributed by atoms with Crippen molar-refractivity contribution in [1.29, 1.82) is 0 Å². The van der Waals surface area contributed by atoms with Gasteiger partial charge in [-0.25, -0.2) is 22.8 Å². The number of nitrogens with two attached hydrogens (primary N) is 1. The summed E-state index contributed by atoms with van der Waals surface area (Å²) in [7, 11) is -3.65. The second-order valence-electron chi connectivity index (χ2n) is 9.68. The second-order valence-corrected chi connectivity index (χ2v) is 12.0. The van der Waals surface area contributed by atoms with E-state index in [9.17, 15) is 17.2 Å². The van der Waals surface area contributed by atoms with E-state index in [0.717, 1.165) is 18.6 Å². The van der Waals surface area contributed by atoms with Crippen LogP contribution in [0, 0.1) is 5.82 Å². The molecule has 0 amide bonds. The van der Waals surface area contributed by atoms with Crippen LogP contribution in [-0.4, -0.2) is 54.7 Å². The first-order valence-electron chi connectivity index (χ1n) is 12.9. The van der Waals surface area contributed by atoms with E-state index in [1.54, 1.807) is 18.2 Å². The lowest BCUT2D eigenvalue weighted by Gasteiger charge is -2.12. The molecule has 3 heterocycles. The molecule has 2 aromatic heterocycles. The van der Waals surface area contributed by atoms with Gasteiger partial charge in [0.1, 0.15) is 11.5 Å². The number of hydrogen-bond acceptors (Lipinski definition) is 9. The third-order valence-electron chi connectivity index (χ3n) is 6.90. The van der Waals surface area contributed by atoms with Crippen molar-refractivity contribution in [3.05, 3.63) is 66.1 Å². The monoisotopic (exact) mass is 569 g/mol. The van der Waals surface area contributed by atoms with E-state index < -0.39 is 27.6 Å². The molecule has 1 unspecified atom stereocenters. The molecule has 2 atom stereocenters. The van der Waals surface area contributed by atoms with Crippen molar-refractivity contribution < 1.29 is 26.5 Å². The Balaban J connectivity index is 1.35. The standard InChI is InChI=1S/C28H29F2N5O4S/c1-17(8-10-29)40(36,37)21-5-3-19(4-6-21)25-15-33-28(31)27(34-25)26-13-24(35-39-26)22-7-2-18(12-23(22)30)14-32-20-9-11-38-16-20/h2-7,12-13,15,17,20,32H,8-11,14,16H2,1H3,(H2,31,33)/t17?,20-/m0/s1. The van der Waals surface area contributed by atoms with Crippen LogP contribution >= 0.6 is 0 Å². The van der Waals surface area contributed by atoms with Gasteiger partial charge in [0.25, 0.3) is 0 Å². The summed E-state index contributed by atoms with van der Waals surface area (Å²) in [6.45, 7) is 2.69. The molecule has 4 aromatic rings. The molecule has 12 heteroatoms. The fraction of sp³-hybridized carbons (Fsp3) is 0.321. The normalized spacial score (nSPS) is 16.3. The molecule has 0 aliphatic carbocycles. The van der Waals surface area contributed by atoms with Crippen LogP contribution in [-0.2, 0) is 21.1 Å². The Morgan fingerprint density at radius 1 is 1.15 bits per heavy atom. The molecule has 0 spiro atoms. The molecule has 1 aliphatic rings. The number of benzene rings is 2. The van der Waals surface area contributed by atoms with Crippen molar-refractivity contribution in [2.75, 3.05) is 25.6 Å². The number of hydrogen-bond donors (Lipinski definition) is 2. The lowest BCUT2D eigenvalue weighted by molar-refractivity contribution is 0.190. The molecule has 3 N–H and O–H groups in total. The van der Waals surface area contributed by atoms with Gasteiger partial charge in [-0.15, -0.1) is 0 Å². The Hall–Kier alpha value is -3.74. The zero-order valence-electron chi connectivity index (χ0n) is 21.8. The lowest BCUT2D eigenvalue weighted by Crippen LogP contribution is -2.28. The number of nitrogens with one attached hydrogen (secondary N) is 1. The molecule has 0 radical (unpaired) electrons. The number of aromatic nitrogens is 3. The molecule has 0 bridgehead atoms. The zero-order valence-corrected chi connectivity index (χ0v) is 22.6. The van der Waals surface area contributed by atoms with E-state index in [1.807, 2.05) is 6.07 Å². The minimum atomic E-state index is -3.65. The average molecular weight is 570 g/mol. The predicted molar refractivity (Wildman–Crippen MR) is 146 cm³/mol. The Bertz CT molecular complexity index is 1590. The largest absolute Gasteiger partial charge is 0.382 e. The smallest absolute Gasteiger partial charge is 0.189 e. The van der Waals surface area contributed by atoms with Gasteiger partial charge in [-0.05, 0) is 49.6 Å². The molecule has 5 rings (SSSR count). The summed E-state index contributed by atoms with van der Waals surface area (Å²) in [5, 5.41) is 6.53. The average Bonchev–Trinajstić information content (AvgIpc) is 3.65. The van der Waals surface area contributed by atoms with Crippen LogP contribution < -0.4 is 11.1 Å². The fourth-order valence-electron chi connectivity index (χ4n) is 4.42. The maximum absolute atomic E-state index is 15.0. The van der Waals surface area contributed by atoms with Crippen LogP contribution in [0.15, 0.2) is 64.1 Å². The van der Waals surface area contributed by atoms with E-state index in [0.29, 0.717) is 24.4 Å². The summed E-state index contributed by atoms with van der Waals surface area (Å²) in [4.78, 5) is 8.83. The van der Waals surface area contributed by atoms with E-state index in [-0.39, 0.29) is 45.9 Å². The Kier molecular flexibility index (Phi) is 8.19. The number of anilines is 1. The van der Waals surface area contributed by atoms with Crippen LogP contribution in [0.25, 0.3) is 34.0 Å². The molecular formula is C28H29F2N5O4S. The first-order chi connectivity index (χ1) is 19.3. The van der Waals surface area contributed by atoms with Crippen LogP contribution in [0.5, 0.6) is 0 Å². The van der Waals surface area contributed by atoms with Crippen molar-refractivity contribution >= 4 is 15.7 Å². The van der Waals surface area contributed by atoms with Gasteiger partial charge in [-0.3, -0.25) is 4.39 Å². The highest BCUT2D eigenvalue weighted by Gasteiger charge is 2.23. The molecule has 40 heavy (non-hydrogen) atoms.